The van der Waals surface area contributed by atoms with Crippen molar-refractivity contribution in [1.82, 2.24) is 19.7 Å². The smallest absolute Gasteiger partial charge is 0.233 e. The Morgan fingerprint density at radius 2 is 2.03 bits per heavy atom. The highest BCUT2D eigenvalue weighted by atomic mass is 35.5. The second kappa shape index (κ2) is 9.75. The van der Waals surface area contributed by atoms with Crippen LogP contribution >= 0.6 is 23.4 Å². The number of benzene rings is 2. The van der Waals surface area contributed by atoms with Gasteiger partial charge in [-0.1, -0.05) is 60.6 Å². The van der Waals surface area contributed by atoms with Gasteiger partial charge in [0.05, 0.1) is 23.6 Å². The second-order valence-electron chi connectivity index (χ2n) is 7.70. The standard InChI is InChI=1S/C23H25ClN4O2S/c1-16-7-6-12-27(14-16)21(29)15-31-23-26-25-22(17-8-4-3-5-9-17)28(23)18-10-11-20(30-2)19(24)13-18/h3-5,8-11,13,16H,6-7,12,14-15H2,1-2H3. The predicted octanol–water partition coefficient (Wildman–Crippen LogP) is 4.95. The molecule has 1 unspecified atom stereocenters. The molecular formula is C23H25ClN4O2S. The van der Waals surface area contributed by atoms with Crippen LogP contribution in [0.15, 0.2) is 53.7 Å². The number of amides is 1. The number of halogens is 1. The highest BCUT2D eigenvalue weighted by molar-refractivity contribution is 7.99. The van der Waals surface area contributed by atoms with E-state index in [1.165, 1.54) is 18.2 Å². The fraction of sp³-hybridized carbons (Fsp3) is 0.348. The minimum atomic E-state index is 0.139. The van der Waals surface area contributed by atoms with Gasteiger partial charge in [0.2, 0.25) is 5.91 Å². The lowest BCUT2D eigenvalue weighted by atomic mass is 10.0. The maximum atomic E-state index is 12.8. The molecule has 1 aliphatic rings. The molecular weight excluding hydrogens is 432 g/mol. The van der Waals surface area contributed by atoms with Crippen molar-refractivity contribution in [3.05, 3.63) is 53.6 Å². The molecule has 6 nitrogen and oxygen atoms in total. The van der Waals surface area contributed by atoms with Gasteiger partial charge in [-0.15, -0.1) is 10.2 Å². The summed E-state index contributed by atoms with van der Waals surface area (Å²) in [5.74, 6) is 2.31. The monoisotopic (exact) mass is 456 g/mol. The van der Waals surface area contributed by atoms with Crippen LogP contribution in [-0.2, 0) is 4.79 Å². The highest BCUT2D eigenvalue weighted by Crippen LogP contribution is 2.32. The van der Waals surface area contributed by atoms with Gasteiger partial charge in [-0.3, -0.25) is 9.36 Å². The van der Waals surface area contributed by atoms with Gasteiger partial charge >= 0.3 is 0 Å². The molecule has 162 valence electrons. The first-order valence-electron chi connectivity index (χ1n) is 10.3. The molecule has 0 radical (unpaired) electrons. The van der Waals surface area contributed by atoms with E-state index in [1.54, 1.807) is 7.11 Å². The zero-order chi connectivity index (χ0) is 21.8. The van der Waals surface area contributed by atoms with Crippen LogP contribution in [0.3, 0.4) is 0 Å². The lowest BCUT2D eigenvalue weighted by molar-refractivity contribution is -0.130. The molecule has 1 amide bonds. The Morgan fingerprint density at radius 1 is 1.23 bits per heavy atom. The molecule has 8 heteroatoms. The van der Waals surface area contributed by atoms with Crippen molar-refractivity contribution in [1.29, 1.82) is 0 Å². The molecule has 31 heavy (non-hydrogen) atoms. The Balaban J connectivity index is 1.64. The number of carbonyl (C=O) groups is 1. The Kier molecular flexibility index (Phi) is 6.83. The van der Waals surface area contributed by atoms with Crippen molar-refractivity contribution >= 4 is 29.3 Å². The average Bonchev–Trinajstić information content (AvgIpc) is 3.22. The molecule has 0 bridgehead atoms. The van der Waals surface area contributed by atoms with Crippen LogP contribution in [-0.4, -0.2) is 51.5 Å². The topological polar surface area (TPSA) is 60.2 Å². The van der Waals surface area contributed by atoms with Gasteiger partial charge in [0.25, 0.3) is 0 Å². The summed E-state index contributed by atoms with van der Waals surface area (Å²) in [6, 6.07) is 15.4. The number of thioether (sulfide) groups is 1. The van der Waals surface area contributed by atoms with E-state index < -0.39 is 0 Å². The number of nitrogens with zero attached hydrogens (tertiary/aromatic N) is 4. The van der Waals surface area contributed by atoms with E-state index in [0.717, 1.165) is 30.8 Å². The molecule has 4 rings (SSSR count). The van der Waals surface area contributed by atoms with Crippen molar-refractivity contribution in [2.45, 2.75) is 24.9 Å². The van der Waals surface area contributed by atoms with Crippen molar-refractivity contribution < 1.29 is 9.53 Å². The number of methoxy groups -OCH3 is 1. The number of piperidine rings is 1. The fourth-order valence-electron chi connectivity index (χ4n) is 3.80. The summed E-state index contributed by atoms with van der Waals surface area (Å²) in [6.07, 6.45) is 2.25. The van der Waals surface area contributed by atoms with Crippen molar-refractivity contribution in [3.63, 3.8) is 0 Å². The number of likely N-dealkylation sites (tertiary alicyclic amines) is 1. The number of rotatable bonds is 6. The van der Waals surface area contributed by atoms with Crippen LogP contribution < -0.4 is 4.74 Å². The number of aromatic nitrogens is 3. The Labute approximate surface area is 191 Å². The number of hydrogen-bond acceptors (Lipinski definition) is 5. The maximum absolute atomic E-state index is 12.8. The van der Waals surface area contributed by atoms with Crippen molar-refractivity contribution in [2.24, 2.45) is 5.92 Å². The number of ether oxygens (including phenoxy) is 1. The van der Waals surface area contributed by atoms with E-state index in [1.807, 2.05) is 58.0 Å². The molecule has 2 aromatic carbocycles. The lowest BCUT2D eigenvalue weighted by Crippen LogP contribution is -2.40. The summed E-state index contributed by atoms with van der Waals surface area (Å²) in [5.41, 5.74) is 1.75. The molecule has 1 saturated heterocycles. The van der Waals surface area contributed by atoms with Crippen LogP contribution in [0.25, 0.3) is 17.1 Å². The number of carbonyl (C=O) groups excluding carboxylic acids is 1. The third-order valence-electron chi connectivity index (χ3n) is 5.39. The molecule has 3 aromatic rings. The Morgan fingerprint density at radius 3 is 2.74 bits per heavy atom. The van der Waals surface area contributed by atoms with Gasteiger partial charge in [-0.2, -0.15) is 0 Å². The third kappa shape index (κ3) is 4.88. The van der Waals surface area contributed by atoms with Gasteiger partial charge in [-0.05, 0) is 37.0 Å². The van der Waals surface area contributed by atoms with Gasteiger partial charge in [0.15, 0.2) is 11.0 Å². The minimum Gasteiger partial charge on any atom is -0.495 e. The molecule has 1 aliphatic heterocycles. The molecule has 1 fully saturated rings. The fourth-order valence-corrected chi connectivity index (χ4v) is 4.90. The third-order valence-corrected chi connectivity index (χ3v) is 6.60. The quantitative estimate of drug-likeness (QED) is 0.491. The molecule has 0 N–H and O–H groups in total. The van der Waals surface area contributed by atoms with E-state index in [-0.39, 0.29) is 5.91 Å². The van der Waals surface area contributed by atoms with Gasteiger partial charge in [-0.25, -0.2) is 0 Å². The molecule has 0 aliphatic carbocycles. The van der Waals surface area contributed by atoms with E-state index >= 15 is 0 Å². The van der Waals surface area contributed by atoms with E-state index in [2.05, 4.69) is 17.1 Å². The van der Waals surface area contributed by atoms with Crippen LogP contribution in [0.2, 0.25) is 5.02 Å². The average molecular weight is 457 g/mol. The van der Waals surface area contributed by atoms with Crippen molar-refractivity contribution in [3.8, 4) is 22.8 Å². The highest BCUT2D eigenvalue weighted by Gasteiger charge is 2.23. The molecule has 0 spiro atoms. The van der Waals surface area contributed by atoms with Gasteiger partial charge in [0.1, 0.15) is 5.75 Å². The first-order chi connectivity index (χ1) is 15.1. The Hall–Kier alpha value is -2.51. The van der Waals surface area contributed by atoms with Gasteiger partial charge in [0, 0.05) is 18.7 Å². The van der Waals surface area contributed by atoms with Crippen LogP contribution in [0.5, 0.6) is 5.75 Å². The van der Waals surface area contributed by atoms with E-state index in [4.69, 9.17) is 16.3 Å². The van der Waals surface area contributed by atoms with E-state index in [0.29, 0.717) is 33.4 Å². The molecule has 0 saturated carbocycles. The van der Waals surface area contributed by atoms with Crippen molar-refractivity contribution in [2.75, 3.05) is 26.0 Å². The largest absolute Gasteiger partial charge is 0.495 e. The first-order valence-corrected chi connectivity index (χ1v) is 11.7. The summed E-state index contributed by atoms with van der Waals surface area (Å²) in [5, 5.41) is 9.99. The second-order valence-corrected chi connectivity index (χ2v) is 9.05. The van der Waals surface area contributed by atoms with Crippen LogP contribution in [0.1, 0.15) is 19.8 Å². The van der Waals surface area contributed by atoms with E-state index in [9.17, 15) is 4.79 Å². The summed E-state index contributed by atoms with van der Waals surface area (Å²) >= 11 is 7.79. The summed E-state index contributed by atoms with van der Waals surface area (Å²) < 4.78 is 7.23. The predicted molar refractivity (Wildman–Crippen MR) is 124 cm³/mol. The summed E-state index contributed by atoms with van der Waals surface area (Å²) in [6.45, 7) is 3.86. The van der Waals surface area contributed by atoms with Gasteiger partial charge < -0.3 is 9.64 Å². The normalized spacial score (nSPS) is 16.4. The SMILES string of the molecule is COc1ccc(-n2c(SCC(=O)N3CCCC(C)C3)nnc2-c2ccccc2)cc1Cl. The first kappa shape index (κ1) is 21.7. The molecule has 2 heterocycles. The summed E-state index contributed by atoms with van der Waals surface area (Å²) in [7, 11) is 1.59. The molecule has 1 aromatic heterocycles. The van der Waals surface area contributed by atoms with Crippen LogP contribution in [0.4, 0.5) is 0 Å². The number of hydrogen-bond donors (Lipinski definition) is 0. The zero-order valence-electron chi connectivity index (χ0n) is 17.6. The van der Waals surface area contributed by atoms with Crippen LogP contribution in [0, 0.1) is 5.92 Å². The summed E-state index contributed by atoms with van der Waals surface area (Å²) in [4.78, 5) is 14.8. The lowest BCUT2D eigenvalue weighted by Gasteiger charge is -2.30. The molecule has 1 atom stereocenters. The zero-order valence-corrected chi connectivity index (χ0v) is 19.2. The Bertz CT molecular complexity index is 1060. The minimum absolute atomic E-state index is 0.139. The maximum Gasteiger partial charge on any atom is 0.233 e.